The van der Waals surface area contributed by atoms with E-state index in [1.807, 2.05) is 85.8 Å². The smallest absolute Gasteiger partial charge is 0.344 e. The number of benzene rings is 4. The van der Waals surface area contributed by atoms with Crippen molar-refractivity contribution in [2.24, 2.45) is 17.8 Å². The number of ether oxygens (including phenoxy) is 4. The number of aliphatic hydroxyl groups is 1. The molecule has 5 atom stereocenters. The zero-order valence-electron chi connectivity index (χ0n) is 26.5. The summed E-state index contributed by atoms with van der Waals surface area (Å²) in [6.45, 7) is 2.01. The van der Waals surface area contributed by atoms with Crippen LogP contribution in [0.15, 0.2) is 84.9 Å². The van der Waals surface area contributed by atoms with Crippen molar-refractivity contribution >= 4 is 22.7 Å². The third kappa shape index (κ3) is 7.53. The molecule has 0 heterocycles. The Labute approximate surface area is 270 Å². The lowest BCUT2D eigenvalue weighted by molar-refractivity contribution is -0.148. The highest BCUT2D eigenvalue weighted by atomic mass is 16.6. The van der Waals surface area contributed by atoms with Gasteiger partial charge in [-0.2, -0.15) is 0 Å². The predicted octanol–water partition coefficient (Wildman–Crippen LogP) is 6.64. The van der Waals surface area contributed by atoms with Crippen LogP contribution in [0.1, 0.15) is 48.4 Å². The van der Waals surface area contributed by atoms with Crippen LogP contribution in [0.5, 0.6) is 11.5 Å². The van der Waals surface area contributed by atoms with Gasteiger partial charge in [-0.25, -0.2) is 4.79 Å². The average molecular weight is 623 g/mol. The van der Waals surface area contributed by atoms with Crippen molar-refractivity contribution in [3.8, 4) is 11.5 Å². The summed E-state index contributed by atoms with van der Waals surface area (Å²) in [5, 5.41) is 13.2. The molecule has 1 N–H and O–H groups in total. The molecule has 2 aliphatic rings. The monoisotopic (exact) mass is 622 g/mol. The van der Waals surface area contributed by atoms with E-state index in [4.69, 9.17) is 18.9 Å². The van der Waals surface area contributed by atoms with Crippen LogP contribution < -0.4 is 9.47 Å². The summed E-state index contributed by atoms with van der Waals surface area (Å²) in [5.41, 5.74) is 4.19. The maximum atomic E-state index is 12.8. The van der Waals surface area contributed by atoms with Gasteiger partial charge in [0, 0.05) is 0 Å². The van der Waals surface area contributed by atoms with E-state index in [0.29, 0.717) is 18.3 Å². The van der Waals surface area contributed by atoms with Gasteiger partial charge in [0.15, 0.2) is 6.61 Å². The molecule has 7 nitrogen and oxygen atoms in total. The number of hydrogen-bond donors (Lipinski definition) is 1. The zero-order valence-corrected chi connectivity index (χ0v) is 26.5. The molecule has 0 aromatic heterocycles. The molecule has 0 radical (unpaired) electrons. The van der Waals surface area contributed by atoms with Crippen molar-refractivity contribution in [1.82, 2.24) is 0 Å². The number of methoxy groups -OCH3 is 1. The first-order valence-corrected chi connectivity index (χ1v) is 16.2. The Morgan fingerprint density at radius 1 is 0.891 bits per heavy atom. The lowest BCUT2D eigenvalue weighted by atomic mass is 9.73. The first kappa shape index (κ1) is 31.6. The van der Waals surface area contributed by atoms with E-state index in [-0.39, 0.29) is 43.7 Å². The van der Waals surface area contributed by atoms with Gasteiger partial charge in [0.05, 0.1) is 25.7 Å². The van der Waals surface area contributed by atoms with Crippen LogP contribution in [0.2, 0.25) is 0 Å². The molecule has 0 saturated heterocycles. The van der Waals surface area contributed by atoms with Gasteiger partial charge in [-0.1, -0.05) is 66.7 Å². The second-order valence-electron chi connectivity index (χ2n) is 12.7. The summed E-state index contributed by atoms with van der Waals surface area (Å²) in [6, 6.07) is 27.5. The van der Waals surface area contributed by atoms with Gasteiger partial charge < -0.3 is 24.1 Å². The fourth-order valence-corrected chi connectivity index (χ4v) is 7.28. The minimum absolute atomic E-state index is 0.144. The number of carbonyl (C=O) groups excluding carboxylic acids is 2. The molecule has 2 aliphatic carbocycles. The summed E-state index contributed by atoms with van der Waals surface area (Å²) < 4.78 is 22.4. The lowest BCUT2D eigenvalue weighted by Gasteiger charge is -2.32. The molecule has 0 bridgehead atoms. The lowest BCUT2D eigenvalue weighted by Crippen LogP contribution is -2.28. The molecule has 6 rings (SSSR count). The molecule has 7 heteroatoms. The Bertz CT molecular complexity index is 1670. The van der Waals surface area contributed by atoms with Gasteiger partial charge in [0.2, 0.25) is 0 Å². The first-order chi connectivity index (χ1) is 22.4. The van der Waals surface area contributed by atoms with Crippen molar-refractivity contribution in [2.45, 2.75) is 64.3 Å². The molecule has 0 aliphatic heterocycles. The average Bonchev–Trinajstić information content (AvgIpc) is 3.37. The van der Waals surface area contributed by atoms with Gasteiger partial charge in [-0.15, -0.1) is 0 Å². The Morgan fingerprint density at radius 2 is 1.70 bits per heavy atom. The maximum absolute atomic E-state index is 12.8. The fourth-order valence-electron chi connectivity index (χ4n) is 7.28. The summed E-state index contributed by atoms with van der Waals surface area (Å²) in [7, 11) is 1.65. The Hall–Kier alpha value is -4.36. The fraction of sp³-hybridized carbons (Fsp3) is 0.385. The van der Waals surface area contributed by atoms with Gasteiger partial charge >= 0.3 is 11.9 Å². The number of esters is 2. The normalized spacial score (nSPS) is 20.8. The molecular formula is C39H42O7. The van der Waals surface area contributed by atoms with Crippen LogP contribution in [-0.4, -0.2) is 43.0 Å². The summed E-state index contributed by atoms with van der Waals surface area (Å²) in [6.07, 6.45) is 3.51. The highest BCUT2D eigenvalue weighted by Gasteiger charge is 2.45. The molecule has 0 spiro atoms. The molecule has 1 fully saturated rings. The maximum Gasteiger partial charge on any atom is 0.344 e. The molecule has 240 valence electrons. The van der Waals surface area contributed by atoms with Gasteiger partial charge in [0.25, 0.3) is 0 Å². The number of aliphatic hydroxyl groups excluding tert-OH is 1. The van der Waals surface area contributed by atoms with Crippen molar-refractivity contribution in [2.75, 3.05) is 13.7 Å². The van der Waals surface area contributed by atoms with Gasteiger partial charge in [0.1, 0.15) is 18.1 Å². The Balaban J connectivity index is 0.993. The highest BCUT2D eigenvalue weighted by Crippen LogP contribution is 2.48. The second kappa shape index (κ2) is 14.4. The third-order valence-electron chi connectivity index (χ3n) is 9.63. The van der Waals surface area contributed by atoms with Crippen LogP contribution in [0, 0.1) is 17.8 Å². The van der Waals surface area contributed by atoms with E-state index in [1.54, 1.807) is 7.11 Å². The van der Waals surface area contributed by atoms with Crippen molar-refractivity contribution in [3.05, 3.63) is 107 Å². The van der Waals surface area contributed by atoms with Crippen LogP contribution in [0.4, 0.5) is 0 Å². The van der Waals surface area contributed by atoms with Crippen LogP contribution in [0.25, 0.3) is 10.8 Å². The standard InChI is InChI=1S/C39H42O7/c1-25(46-38(41)18-27-12-13-29-19-32(43-2)15-14-28(29)17-27)11-16-33-34-20-30-9-6-10-37(35(30)21-31(34)22-36(33)40)44-24-39(42)45-23-26-7-4-3-5-8-26/h3-10,12-15,17,19,25,31,33-34,36,40H,11,16,18,20-24H2,1-2H3/t25-,31-,33+,34-,36+/m0/s1. The zero-order chi connectivity index (χ0) is 32.0. The van der Waals surface area contributed by atoms with E-state index in [2.05, 4.69) is 6.07 Å². The summed E-state index contributed by atoms with van der Waals surface area (Å²) in [4.78, 5) is 25.1. The molecule has 4 aromatic rings. The van der Waals surface area contributed by atoms with Crippen LogP contribution >= 0.6 is 0 Å². The van der Waals surface area contributed by atoms with E-state index in [0.717, 1.165) is 64.6 Å². The van der Waals surface area contributed by atoms with Crippen LogP contribution in [-0.2, 0) is 44.9 Å². The van der Waals surface area contributed by atoms with E-state index >= 15 is 0 Å². The molecular weight excluding hydrogens is 580 g/mol. The SMILES string of the molecule is COc1ccc2cc(CC(=O)O[C@@H](C)CC[C@@H]3[C@H]4Cc5cccc(OCC(=O)OCc6ccccc6)c5C[C@H]4C[C@H]3O)ccc2c1. The first-order valence-electron chi connectivity index (χ1n) is 16.2. The topological polar surface area (TPSA) is 91.3 Å². The third-order valence-corrected chi connectivity index (χ3v) is 9.63. The largest absolute Gasteiger partial charge is 0.497 e. The Kier molecular flexibility index (Phi) is 9.88. The minimum Gasteiger partial charge on any atom is -0.497 e. The minimum atomic E-state index is -0.403. The Morgan fingerprint density at radius 3 is 2.52 bits per heavy atom. The number of rotatable bonds is 12. The second-order valence-corrected chi connectivity index (χ2v) is 12.7. The molecule has 1 saturated carbocycles. The van der Waals surface area contributed by atoms with E-state index in [9.17, 15) is 14.7 Å². The summed E-state index contributed by atoms with van der Waals surface area (Å²) >= 11 is 0. The van der Waals surface area contributed by atoms with E-state index < -0.39 is 5.97 Å². The molecule has 0 amide bonds. The summed E-state index contributed by atoms with van der Waals surface area (Å²) in [5.74, 6) is 1.72. The quantitative estimate of drug-likeness (QED) is 0.177. The number of hydrogen-bond acceptors (Lipinski definition) is 7. The van der Waals surface area contributed by atoms with Crippen molar-refractivity contribution in [1.29, 1.82) is 0 Å². The number of carbonyl (C=O) groups is 2. The van der Waals surface area contributed by atoms with Gasteiger partial charge in [-0.05, 0) is 108 Å². The van der Waals surface area contributed by atoms with Gasteiger partial charge in [-0.3, -0.25) is 4.79 Å². The van der Waals surface area contributed by atoms with Crippen molar-refractivity contribution < 1.29 is 33.6 Å². The highest BCUT2D eigenvalue weighted by molar-refractivity contribution is 5.85. The van der Waals surface area contributed by atoms with Crippen LogP contribution in [0.3, 0.4) is 0 Å². The van der Waals surface area contributed by atoms with E-state index in [1.165, 1.54) is 5.56 Å². The predicted molar refractivity (Wildman–Crippen MR) is 176 cm³/mol. The molecule has 4 aromatic carbocycles. The molecule has 0 unspecified atom stereocenters. The molecule has 46 heavy (non-hydrogen) atoms. The van der Waals surface area contributed by atoms with Crippen molar-refractivity contribution in [3.63, 3.8) is 0 Å². The number of fused-ring (bicyclic) bond motifs is 3.